The zero-order chi connectivity index (χ0) is 21.6. The van der Waals surface area contributed by atoms with Crippen LogP contribution in [0.2, 0.25) is 10.0 Å². The highest BCUT2D eigenvalue weighted by atomic mass is 35.5. The molecule has 0 aliphatic heterocycles. The lowest BCUT2D eigenvalue weighted by molar-refractivity contribution is 0.101. The second kappa shape index (κ2) is 7.47. The monoisotopic (exact) mass is 448 g/mol. The maximum absolute atomic E-state index is 12.2. The topological polar surface area (TPSA) is 128 Å². The minimum absolute atomic E-state index is 0.0645. The van der Waals surface area contributed by atoms with Crippen LogP contribution in [0, 0.1) is 0 Å². The number of H-pyrrole nitrogens is 1. The largest absolute Gasteiger partial charge is 0.439 e. The van der Waals surface area contributed by atoms with E-state index < -0.39 is 11.7 Å². The fourth-order valence-electron chi connectivity index (χ4n) is 3.11. The number of halogens is 2. The highest BCUT2D eigenvalue weighted by molar-refractivity contribution is 6.38. The van der Waals surface area contributed by atoms with Crippen molar-refractivity contribution in [1.82, 2.24) is 24.5 Å². The molecule has 3 aromatic heterocycles. The number of benzene rings is 1. The number of aromatic amines is 1. The molecule has 10 nitrogen and oxygen atoms in total. The molecule has 12 heteroatoms. The average molecular weight is 449 g/mol. The van der Waals surface area contributed by atoms with Crippen molar-refractivity contribution < 1.29 is 9.32 Å². The lowest BCUT2D eigenvalue weighted by Gasteiger charge is -2.13. The first-order valence-electron chi connectivity index (χ1n) is 8.72. The van der Waals surface area contributed by atoms with Gasteiger partial charge in [0.15, 0.2) is 0 Å². The third kappa shape index (κ3) is 3.40. The van der Waals surface area contributed by atoms with Crippen LogP contribution in [0.25, 0.3) is 16.7 Å². The summed E-state index contributed by atoms with van der Waals surface area (Å²) in [5.41, 5.74) is 1.80. The number of pyridine rings is 1. The molecule has 30 heavy (non-hydrogen) atoms. The molecule has 0 bridgehead atoms. The molecular weight excluding hydrogens is 435 g/mol. The fraction of sp³-hybridized carbons (Fsp3) is 0.167. The van der Waals surface area contributed by atoms with E-state index in [4.69, 9.17) is 23.2 Å². The molecule has 1 aromatic carbocycles. The van der Waals surface area contributed by atoms with Crippen molar-refractivity contribution in [2.45, 2.75) is 19.9 Å². The zero-order valence-electron chi connectivity index (χ0n) is 15.6. The van der Waals surface area contributed by atoms with Gasteiger partial charge in [0.05, 0.1) is 27.3 Å². The van der Waals surface area contributed by atoms with Crippen molar-refractivity contribution in [3.8, 4) is 5.69 Å². The molecule has 154 valence electrons. The van der Waals surface area contributed by atoms with E-state index in [9.17, 15) is 14.4 Å². The Morgan fingerprint density at radius 1 is 1.17 bits per heavy atom. The van der Waals surface area contributed by atoms with Gasteiger partial charge in [0.1, 0.15) is 5.69 Å². The van der Waals surface area contributed by atoms with Crippen LogP contribution in [0.4, 0.5) is 5.69 Å². The summed E-state index contributed by atoms with van der Waals surface area (Å²) in [5, 5.41) is 10.6. The molecular formula is C18H14Cl2N6O4. The summed E-state index contributed by atoms with van der Waals surface area (Å²) in [4.78, 5) is 37.5. The van der Waals surface area contributed by atoms with E-state index in [1.165, 1.54) is 22.9 Å². The van der Waals surface area contributed by atoms with Crippen LogP contribution in [0.5, 0.6) is 0 Å². The van der Waals surface area contributed by atoms with Gasteiger partial charge in [-0.1, -0.05) is 23.2 Å². The fourth-order valence-corrected chi connectivity index (χ4v) is 3.76. The maximum Gasteiger partial charge on any atom is 0.439 e. The van der Waals surface area contributed by atoms with Gasteiger partial charge in [-0.25, -0.2) is 9.48 Å². The van der Waals surface area contributed by atoms with E-state index in [1.807, 2.05) is 13.8 Å². The van der Waals surface area contributed by atoms with E-state index in [-0.39, 0.29) is 33.2 Å². The van der Waals surface area contributed by atoms with Gasteiger partial charge in [-0.3, -0.25) is 19.1 Å². The molecule has 4 rings (SSSR count). The summed E-state index contributed by atoms with van der Waals surface area (Å²) in [5.74, 6) is -1.84. The minimum atomic E-state index is -0.850. The third-order valence-corrected chi connectivity index (χ3v) is 4.90. The number of fused-ring (bicyclic) bond motifs is 1. The molecule has 0 aliphatic rings. The van der Waals surface area contributed by atoms with Gasteiger partial charge in [-0.15, -0.1) is 0 Å². The summed E-state index contributed by atoms with van der Waals surface area (Å²) in [7, 11) is 0. The molecule has 0 radical (unpaired) electrons. The molecule has 3 heterocycles. The predicted octanol–water partition coefficient (Wildman–Crippen LogP) is 3.00. The Balaban J connectivity index is 1.76. The first-order valence-corrected chi connectivity index (χ1v) is 9.48. The van der Waals surface area contributed by atoms with Crippen molar-refractivity contribution in [3.63, 3.8) is 0 Å². The van der Waals surface area contributed by atoms with Crippen LogP contribution in [0.3, 0.4) is 0 Å². The number of amides is 1. The van der Waals surface area contributed by atoms with Crippen molar-refractivity contribution in [3.05, 3.63) is 67.2 Å². The number of nitrogens with one attached hydrogen (secondary N) is 2. The number of aromatic nitrogens is 5. The molecule has 0 unspecified atom stereocenters. The summed E-state index contributed by atoms with van der Waals surface area (Å²) in [6.07, 6.45) is 1.57. The second-order valence-corrected chi connectivity index (χ2v) is 7.46. The number of anilines is 1. The van der Waals surface area contributed by atoms with Crippen LogP contribution < -0.4 is 16.6 Å². The first kappa shape index (κ1) is 19.9. The quantitative estimate of drug-likeness (QED) is 0.493. The van der Waals surface area contributed by atoms with Gasteiger partial charge in [0.2, 0.25) is 5.82 Å². The molecule has 0 fully saturated rings. The van der Waals surface area contributed by atoms with E-state index >= 15 is 0 Å². The van der Waals surface area contributed by atoms with Crippen molar-refractivity contribution >= 4 is 45.8 Å². The molecule has 0 spiro atoms. The Bertz CT molecular complexity index is 1370. The van der Waals surface area contributed by atoms with Gasteiger partial charge in [-0.05, 0) is 37.2 Å². The Kier molecular flexibility index (Phi) is 4.96. The van der Waals surface area contributed by atoms with Crippen LogP contribution in [0.1, 0.15) is 30.5 Å². The number of rotatable bonds is 4. The average Bonchev–Trinajstić information content (AvgIpc) is 3.27. The summed E-state index contributed by atoms with van der Waals surface area (Å²) in [6, 6.07) is 5.99. The standard InChI is InChI=1S/C18H14Cl2N6O4/c1-8(2)25-13-7-21-26(12(13)3-4-14(25)27)15-10(19)5-9(6-11(15)20)22-17(28)16-23-18(29)30-24-16/h3-8H,1-2H3,(H,22,28)(H,23,24,29). The third-order valence-electron chi connectivity index (χ3n) is 4.33. The lowest BCUT2D eigenvalue weighted by atomic mass is 10.2. The van der Waals surface area contributed by atoms with Crippen LogP contribution in [0.15, 0.2) is 44.6 Å². The van der Waals surface area contributed by atoms with Crippen molar-refractivity contribution in [2.75, 3.05) is 5.32 Å². The second-order valence-electron chi connectivity index (χ2n) is 6.65. The lowest BCUT2D eigenvalue weighted by Crippen LogP contribution is -2.20. The highest BCUT2D eigenvalue weighted by Gasteiger charge is 2.18. The zero-order valence-corrected chi connectivity index (χ0v) is 17.2. The normalized spacial score (nSPS) is 11.4. The Morgan fingerprint density at radius 3 is 2.47 bits per heavy atom. The number of carbonyl (C=O) groups excluding carboxylic acids is 1. The Morgan fingerprint density at radius 2 is 1.87 bits per heavy atom. The molecule has 1 amide bonds. The smallest absolute Gasteiger partial charge is 0.319 e. The summed E-state index contributed by atoms with van der Waals surface area (Å²) >= 11 is 12.9. The van der Waals surface area contributed by atoms with Gasteiger partial charge < -0.3 is 9.88 Å². The first-order chi connectivity index (χ1) is 14.3. The molecule has 2 N–H and O–H groups in total. The molecule has 0 aliphatic carbocycles. The van der Waals surface area contributed by atoms with E-state index in [0.29, 0.717) is 16.7 Å². The van der Waals surface area contributed by atoms with Gasteiger partial charge >= 0.3 is 5.76 Å². The summed E-state index contributed by atoms with van der Waals surface area (Å²) in [6.45, 7) is 3.80. The van der Waals surface area contributed by atoms with Gasteiger partial charge in [-0.2, -0.15) is 5.10 Å². The molecule has 0 saturated heterocycles. The van der Waals surface area contributed by atoms with Gasteiger partial charge in [0.25, 0.3) is 11.5 Å². The molecule has 4 aromatic rings. The minimum Gasteiger partial charge on any atom is -0.319 e. The predicted molar refractivity (Wildman–Crippen MR) is 111 cm³/mol. The number of hydrogen-bond acceptors (Lipinski definition) is 6. The van der Waals surface area contributed by atoms with Crippen LogP contribution >= 0.6 is 23.2 Å². The SMILES string of the molecule is CC(C)n1c(=O)ccc2c1cnn2-c1c(Cl)cc(NC(=O)c2noc(=O)[nH]2)cc1Cl. The van der Waals surface area contributed by atoms with Crippen LogP contribution in [-0.4, -0.2) is 30.4 Å². The maximum atomic E-state index is 12.2. The van der Waals surface area contributed by atoms with Crippen molar-refractivity contribution in [2.24, 2.45) is 0 Å². The number of nitrogens with zero attached hydrogens (tertiary/aromatic N) is 4. The van der Waals surface area contributed by atoms with Gasteiger partial charge in [0, 0.05) is 17.8 Å². The van der Waals surface area contributed by atoms with E-state index in [2.05, 4.69) is 25.1 Å². The van der Waals surface area contributed by atoms with E-state index in [1.54, 1.807) is 16.8 Å². The highest BCUT2D eigenvalue weighted by Crippen LogP contribution is 2.34. The number of hydrogen-bond donors (Lipinski definition) is 2. The summed E-state index contributed by atoms with van der Waals surface area (Å²) < 4.78 is 7.45. The van der Waals surface area contributed by atoms with Crippen molar-refractivity contribution in [1.29, 1.82) is 0 Å². The van der Waals surface area contributed by atoms with Crippen LogP contribution in [-0.2, 0) is 0 Å². The van der Waals surface area contributed by atoms with E-state index in [0.717, 1.165) is 0 Å². The molecule has 0 saturated carbocycles. The Labute approximate surface area is 178 Å². The molecule has 0 atom stereocenters. The number of carbonyl (C=O) groups is 1. The Hall–Kier alpha value is -3.37.